The van der Waals surface area contributed by atoms with Gasteiger partial charge in [0, 0.05) is 12.2 Å². The SMILES string of the molecule is COc1ccccc1C(=O)Nc1cnn(CC(=O)NC2CCCC2)c1. The van der Waals surface area contributed by atoms with Gasteiger partial charge in [-0.1, -0.05) is 25.0 Å². The summed E-state index contributed by atoms with van der Waals surface area (Å²) in [5.41, 5.74) is 0.973. The third kappa shape index (κ3) is 4.37. The van der Waals surface area contributed by atoms with E-state index >= 15 is 0 Å². The quantitative estimate of drug-likeness (QED) is 0.843. The minimum atomic E-state index is -0.285. The van der Waals surface area contributed by atoms with E-state index in [4.69, 9.17) is 4.74 Å². The van der Waals surface area contributed by atoms with Gasteiger partial charge in [-0.15, -0.1) is 0 Å². The molecule has 1 aliphatic rings. The number of hydrogen-bond donors (Lipinski definition) is 2. The van der Waals surface area contributed by atoms with Crippen LogP contribution in [0.4, 0.5) is 5.69 Å². The molecule has 2 N–H and O–H groups in total. The first-order chi connectivity index (χ1) is 12.2. The van der Waals surface area contributed by atoms with Gasteiger partial charge in [-0.2, -0.15) is 5.10 Å². The molecular weight excluding hydrogens is 320 g/mol. The molecule has 0 radical (unpaired) electrons. The van der Waals surface area contributed by atoms with Crippen molar-refractivity contribution in [2.75, 3.05) is 12.4 Å². The van der Waals surface area contributed by atoms with Gasteiger partial charge in [0.2, 0.25) is 5.91 Å². The molecule has 1 saturated carbocycles. The van der Waals surface area contributed by atoms with Crippen molar-refractivity contribution < 1.29 is 14.3 Å². The number of anilines is 1. The lowest BCUT2D eigenvalue weighted by molar-refractivity contribution is -0.122. The minimum absolute atomic E-state index is 0.0578. The molecule has 25 heavy (non-hydrogen) atoms. The minimum Gasteiger partial charge on any atom is -0.496 e. The number of nitrogens with one attached hydrogen (secondary N) is 2. The molecule has 132 valence electrons. The van der Waals surface area contributed by atoms with Crippen LogP contribution < -0.4 is 15.4 Å². The molecule has 3 rings (SSSR count). The Balaban J connectivity index is 1.57. The second kappa shape index (κ2) is 7.83. The Labute approximate surface area is 146 Å². The third-order valence-corrected chi connectivity index (χ3v) is 4.27. The van der Waals surface area contributed by atoms with Crippen molar-refractivity contribution in [3.63, 3.8) is 0 Å². The largest absolute Gasteiger partial charge is 0.496 e. The van der Waals surface area contributed by atoms with E-state index in [2.05, 4.69) is 15.7 Å². The molecule has 0 atom stereocenters. The summed E-state index contributed by atoms with van der Waals surface area (Å²) >= 11 is 0. The van der Waals surface area contributed by atoms with Crippen molar-refractivity contribution in [1.82, 2.24) is 15.1 Å². The number of ether oxygens (including phenoxy) is 1. The van der Waals surface area contributed by atoms with Crippen LogP contribution in [0.5, 0.6) is 5.75 Å². The molecule has 0 spiro atoms. The highest BCUT2D eigenvalue weighted by Crippen LogP contribution is 2.19. The summed E-state index contributed by atoms with van der Waals surface area (Å²) in [6.07, 6.45) is 7.60. The summed E-state index contributed by atoms with van der Waals surface area (Å²) in [5.74, 6) is 0.161. The molecule has 7 nitrogen and oxygen atoms in total. The van der Waals surface area contributed by atoms with Crippen LogP contribution in [0, 0.1) is 0 Å². The molecule has 1 fully saturated rings. The number of rotatable bonds is 6. The van der Waals surface area contributed by atoms with Crippen LogP contribution in [0.2, 0.25) is 0 Å². The number of benzene rings is 1. The highest BCUT2D eigenvalue weighted by atomic mass is 16.5. The molecule has 2 aromatic rings. The average Bonchev–Trinajstić information content (AvgIpc) is 3.27. The molecule has 2 amide bonds. The fourth-order valence-electron chi connectivity index (χ4n) is 3.04. The normalized spacial score (nSPS) is 14.3. The van der Waals surface area contributed by atoms with Gasteiger partial charge in [0.25, 0.3) is 5.91 Å². The van der Waals surface area contributed by atoms with Crippen molar-refractivity contribution in [2.24, 2.45) is 0 Å². The zero-order chi connectivity index (χ0) is 17.6. The van der Waals surface area contributed by atoms with E-state index in [1.807, 2.05) is 0 Å². The number of nitrogens with zero attached hydrogens (tertiary/aromatic N) is 2. The molecule has 0 bridgehead atoms. The predicted molar refractivity (Wildman–Crippen MR) is 93.6 cm³/mol. The van der Waals surface area contributed by atoms with Gasteiger partial charge in [-0.3, -0.25) is 14.3 Å². The highest BCUT2D eigenvalue weighted by Gasteiger charge is 2.17. The monoisotopic (exact) mass is 342 g/mol. The fourth-order valence-corrected chi connectivity index (χ4v) is 3.04. The van der Waals surface area contributed by atoms with Gasteiger partial charge >= 0.3 is 0 Å². The molecule has 1 aromatic carbocycles. The Bertz CT molecular complexity index is 750. The smallest absolute Gasteiger partial charge is 0.259 e. The highest BCUT2D eigenvalue weighted by molar-refractivity contribution is 6.06. The van der Waals surface area contributed by atoms with E-state index in [0.29, 0.717) is 17.0 Å². The summed E-state index contributed by atoms with van der Waals surface area (Å²) in [6, 6.07) is 7.28. The van der Waals surface area contributed by atoms with Gasteiger partial charge in [-0.05, 0) is 25.0 Å². The second-order valence-corrected chi connectivity index (χ2v) is 6.13. The summed E-state index contributed by atoms with van der Waals surface area (Å²) in [5, 5.41) is 9.91. The lowest BCUT2D eigenvalue weighted by atomic mass is 10.2. The Kier molecular flexibility index (Phi) is 5.33. The number of amides is 2. The molecule has 0 aliphatic heterocycles. The maximum Gasteiger partial charge on any atom is 0.259 e. The summed E-state index contributed by atoms with van der Waals surface area (Å²) in [6.45, 7) is 0.140. The zero-order valence-corrected chi connectivity index (χ0v) is 14.2. The fraction of sp³-hybridized carbons (Fsp3) is 0.389. The van der Waals surface area contributed by atoms with E-state index in [1.165, 1.54) is 30.8 Å². The van der Waals surface area contributed by atoms with Crippen molar-refractivity contribution in [2.45, 2.75) is 38.3 Å². The predicted octanol–water partition coefficient (Wildman–Crippen LogP) is 2.20. The number of aromatic nitrogens is 2. The number of carbonyl (C=O) groups excluding carboxylic acids is 2. The summed E-state index contributed by atoms with van der Waals surface area (Å²) in [7, 11) is 1.52. The number of methoxy groups -OCH3 is 1. The number of para-hydroxylation sites is 1. The molecule has 7 heteroatoms. The first-order valence-corrected chi connectivity index (χ1v) is 8.42. The first kappa shape index (κ1) is 17.0. The van der Waals surface area contributed by atoms with E-state index in [1.54, 1.807) is 30.5 Å². The first-order valence-electron chi connectivity index (χ1n) is 8.42. The van der Waals surface area contributed by atoms with E-state index in [-0.39, 0.29) is 24.4 Å². The third-order valence-electron chi connectivity index (χ3n) is 4.27. The van der Waals surface area contributed by atoms with Gasteiger partial charge in [0.15, 0.2) is 0 Å². The molecule has 0 saturated heterocycles. The van der Waals surface area contributed by atoms with Crippen LogP contribution in [0.3, 0.4) is 0 Å². The maximum absolute atomic E-state index is 12.3. The van der Waals surface area contributed by atoms with Gasteiger partial charge in [0.05, 0.1) is 24.6 Å². The number of carbonyl (C=O) groups is 2. The van der Waals surface area contributed by atoms with Crippen LogP contribution in [0.15, 0.2) is 36.7 Å². The van der Waals surface area contributed by atoms with Crippen LogP contribution in [0.1, 0.15) is 36.0 Å². The van der Waals surface area contributed by atoms with Crippen molar-refractivity contribution in [1.29, 1.82) is 0 Å². The van der Waals surface area contributed by atoms with E-state index in [0.717, 1.165) is 12.8 Å². The Morgan fingerprint density at radius 2 is 2.04 bits per heavy atom. The van der Waals surface area contributed by atoms with Gasteiger partial charge in [0.1, 0.15) is 12.3 Å². The lowest BCUT2D eigenvalue weighted by Crippen LogP contribution is -2.35. The lowest BCUT2D eigenvalue weighted by Gasteiger charge is -2.11. The van der Waals surface area contributed by atoms with E-state index in [9.17, 15) is 9.59 Å². The van der Waals surface area contributed by atoms with Gasteiger partial charge in [-0.25, -0.2) is 0 Å². The van der Waals surface area contributed by atoms with E-state index < -0.39 is 0 Å². The molecule has 1 heterocycles. The Morgan fingerprint density at radius 3 is 2.80 bits per heavy atom. The van der Waals surface area contributed by atoms with Crippen LogP contribution in [-0.4, -0.2) is 34.7 Å². The molecule has 1 aromatic heterocycles. The van der Waals surface area contributed by atoms with Crippen molar-refractivity contribution in [3.05, 3.63) is 42.2 Å². The van der Waals surface area contributed by atoms with Crippen molar-refractivity contribution >= 4 is 17.5 Å². The second-order valence-electron chi connectivity index (χ2n) is 6.13. The summed E-state index contributed by atoms with van der Waals surface area (Å²) < 4.78 is 6.71. The number of hydrogen-bond acceptors (Lipinski definition) is 4. The van der Waals surface area contributed by atoms with Crippen LogP contribution in [0.25, 0.3) is 0 Å². The molecular formula is C18H22N4O3. The van der Waals surface area contributed by atoms with Gasteiger partial charge < -0.3 is 15.4 Å². The van der Waals surface area contributed by atoms with Crippen LogP contribution in [-0.2, 0) is 11.3 Å². The summed E-state index contributed by atoms with van der Waals surface area (Å²) in [4.78, 5) is 24.4. The average molecular weight is 342 g/mol. The van der Waals surface area contributed by atoms with Crippen LogP contribution >= 0.6 is 0 Å². The maximum atomic E-state index is 12.3. The molecule has 1 aliphatic carbocycles. The topological polar surface area (TPSA) is 85.2 Å². The Morgan fingerprint density at radius 1 is 1.28 bits per heavy atom. The standard InChI is InChI=1S/C18H22N4O3/c1-25-16-9-5-4-8-15(16)18(24)21-14-10-19-22(11-14)12-17(23)20-13-6-2-3-7-13/h4-5,8-11,13H,2-3,6-7,12H2,1H3,(H,20,23)(H,21,24). The Hall–Kier alpha value is -2.83. The van der Waals surface area contributed by atoms with Crippen molar-refractivity contribution in [3.8, 4) is 5.75 Å². The zero-order valence-electron chi connectivity index (χ0n) is 14.2. The molecule has 0 unspecified atom stereocenters.